The number of carbonyl (C=O) groups is 2. The number of fused-ring (bicyclic) bond motifs is 1. The monoisotopic (exact) mass is 363 g/mol. The maximum Gasteiger partial charge on any atom is 0.224 e. The molecule has 2 amide bonds. The summed E-state index contributed by atoms with van der Waals surface area (Å²) in [5, 5.41) is 5.95. The van der Waals surface area contributed by atoms with Crippen molar-refractivity contribution in [2.75, 3.05) is 23.3 Å². The summed E-state index contributed by atoms with van der Waals surface area (Å²) in [6.45, 7) is 1.48. The minimum Gasteiger partial charge on any atom is -0.356 e. The number of nitrogens with zero attached hydrogens (tertiary/aromatic N) is 1. The summed E-state index contributed by atoms with van der Waals surface area (Å²) in [4.78, 5) is 26.3. The Balaban J connectivity index is 1.35. The van der Waals surface area contributed by atoms with Crippen LogP contribution >= 0.6 is 0 Å². The lowest BCUT2D eigenvalue weighted by molar-refractivity contribution is -0.122. The maximum atomic E-state index is 12.4. The highest BCUT2D eigenvalue weighted by Gasteiger charge is 2.29. The van der Waals surface area contributed by atoms with E-state index in [4.69, 9.17) is 0 Å². The summed E-state index contributed by atoms with van der Waals surface area (Å²) < 4.78 is 0. The molecule has 2 aromatic rings. The number of rotatable bonds is 7. The number of para-hydroxylation sites is 3. The van der Waals surface area contributed by atoms with E-state index in [2.05, 4.69) is 33.7 Å². The fourth-order valence-electron chi connectivity index (χ4n) is 3.57. The van der Waals surface area contributed by atoms with Crippen LogP contribution in [0.4, 0.5) is 17.1 Å². The summed E-state index contributed by atoms with van der Waals surface area (Å²) in [7, 11) is 0. The predicted molar refractivity (Wildman–Crippen MR) is 107 cm³/mol. The first-order valence-corrected chi connectivity index (χ1v) is 9.74. The zero-order valence-electron chi connectivity index (χ0n) is 15.4. The van der Waals surface area contributed by atoms with Gasteiger partial charge in [-0.05, 0) is 49.4 Å². The van der Waals surface area contributed by atoms with Crippen molar-refractivity contribution in [3.05, 3.63) is 54.1 Å². The Morgan fingerprint density at radius 3 is 2.56 bits per heavy atom. The maximum absolute atomic E-state index is 12.4. The topological polar surface area (TPSA) is 61.4 Å². The van der Waals surface area contributed by atoms with E-state index < -0.39 is 0 Å². The van der Waals surface area contributed by atoms with Gasteiger partial charge in [-0.15, -0.1) is 0 Å². The van der Waals surface area contributed by atoms with Crippen LogP contribution < -0.4 is 15.5 Å². The molecule has 2 N–H and O–H groups in total. The molecular formula is C22H25N3O2. The van der Waals surface area contributed by atoms with Gasteiger partial charge in [-0.1, -0.05) is 30.3 Å². The number of anilines is 3. The number of hydrogen-bond acceptors (Lipinski definition) is 3. The Morgan fingerprint density at radius 2 is 1.74 bits per heavy atom. The van der Waals surface area contributed by atoms with Crippen LogP contribution in [0.25, 0.3) is 0 Å². The third kappa shape index (κ3) is 4.13. The average molecular weight is 363 g/mol. The van der Waals surface area contributed by atoms with Crippen molar-refractivity contribution in [3.63, 3.8) is 0 Å². The van der Waals surface area contributed by atoms with Crippen molar-refractivity contribution in [2.24, 2.45) is 5.92 Å². The van der Waals surface area contributed by atoms with E-state index in [1.165, 1.54) is 11.3 Å². The van der Waals surface area contributed by atoms with Gasteiger partial charge in [-0.25, -0.2) is 0 Å². The second kappa shape index (κ2) is 7.82. The van der Waals surface area contributed by atoms with E-state index in [0.29, 0.717) is 19.4 Å². The number of benzene rings is 2. The van der Waals surface area contributed by atoms with Crippen molar-refractivity contribution < 1.29 is 9.59 Å². The van der Waals surface area contributed by atoms with Crippen LogP contribution in [0.2, 0.25) is 0 Å². The van der Waals surface area contributed by atoms with Crippen LogP contribution in [0.3, 0.4) is 0 Å². The van der Waals surface area contributed by atoms with Gasteiger partial charge in [0, 0.05) is 31.1 Å². The quantitative estimate of drug-likeness (QED) is 0.739. The largest absolute Gasteiger partial charge is 0.356 e. The zero-order valence-corrected chi connectivity index (χ0v) is 15.4. The first-order valence-electron chi connectivity index (χ1n) is 9.74. The molecule has 0 atom stereocenters. The van der Waals surface area contributed by atoms with E-state index in [0.717, 1.165) is 37.2 Å². The summed E-state index contributed by atoms with van der Waals surface area (Å²) >= 11 is 0. The molecule has 5 nitrogen and oxygen atoms in total. The smallest absolute Gasteiger partial charge is 0.224 e. The number of amides is 2. The minimum atomic E-state index is -0.0180. The van der Waals surface area contributed by atoms with Gasteiger partial charge in [0.25, 0.3) is 0 Å². The molecule has 1 aliphatic heterocycles. The van der Waals surface area contributed by atoms with Crippen molar-refractivity contribution >= 4 is 28.9 Å². The standard InChI is InChI=1S/C22H25N3O2/c26-21(10-5-14-23-22(27)17-11-12-17)24-18-7-2-4-9-20(18)25-15-13-16-6-1-3-8-19(16)25/h1-4,6-9,17H,5,10-15H2,(H,23,27)(H,24,26). The third-order valence-corrected chi connectivity index (χ3v) is 5.18. The Morgan fingerprint density at radius 1 is 1.00 bits per heavy atom. The van der Waals surface area contributed by atoms with Gasteiger partial charge >= 0.3 is 0 Å². The molecule has 0 spiro atoms. The molecule has 0 saturated heterocycles. The van der Waals surface area contributed by atoms with Gasteiger partial charge in [0.2, 0.25) is 11.8 Å². The third-order valence-electron chi connectivity index (χ3n) is 5.18. The highest BCUT2D eigenvalue weighted by molar-refractivity contribution is 5.95. The van der Waals surface area contributed by atoms with Crippen LogP contribution in [0.15, 0.2) is 48.5 Å². The first kappa shape index (κ1) is 17.6. The van der Waals surface area contributed by atoms with Gasteiger partial charge in [-0.3, -0.25) is 9.59 Å². The van der Waals surface area contributed by atoms with Crippen molar-refractivity contribution in [2.45, 2.75) is 32.1 Å². The molecule has 0 radical (unpaired) electrons. The fraction of sp³-hybridized carbons (Fsp3) is 0.364. The lowest BCUT2D eigenvalue weighted by Crippen LogP contribution is -2.26. The van der Waals surface area contributed by atoms with Gasteiger partial charge in [0.05, 0.1) is 11.4 Å². The number of hydrogen-bond donors (Lipinski definition) is 2. The van der Waals surface area contributed by atoms with Gasteiger partial charge in [0.1, 0.15) is 0 Å². The molecule has 2 aliphatic rings. The lowest BCUT2D eigenvalue weighted by Gasteiger charge is -2.23. The fourth-order valence-corrected chi connectivity index (χ4v) is 3.57. The van der Waals surface area contributed by atoms with Crippen LogP contribution in [0.5, 0.6) is 0 Å². The molecule has 4 rings (SSSR count). The molecule has 1 aliphatic carbocycles. The van der Waals surface area contributed by atoms with E-state index in [-0.39, 0.29) is 17.7 Å². The van der Waals surface area contributed by atoms with E-state index in [1.807, 2.05) is 30.3 Å². The first-order chi connectivity index (χ1) is 13.2. The van der Waals surface area contributed by atoms with Gasteiger partial charge in [0.15, 0.2) is 0 Å². The Bertz CT molecular complexity index is 845. The van der Waals surface area contributed by atoms with Gasteiger partial charge in [-0.2, -0.15) is 0 Å². The molecule has 0 bridgehead atoms. The van der Waals surface area contributed by atoms with E-state index in [1.54, 1.807) is 0 Å². The highest BCUT2D eigenvalue weighted by Crippen LogP contribution is 2.38. The Hall–Kier alpha value is -2.82. The van der Waals surface area contributed by atoms with Gasteiger partial charge < -0.3 is 15.5 Å². The Kier molecular flexibility index (Phi) is 5.10. The van der Waals surface area contributed by atoms with Crippen LogP contribution in [0, 0.1) is 5.92 Å². The molecule has 1 heterocycles. The molecule has 1 saturated carbocycles. The molecule has 5 heteroatoms. The predicted octanol–water partition coefficient (Wildman–Crippen LogP) is 3.63. The zero-order chi connectivity index (χ0) is 18.6. The molecule has 2 aromatic carbocycles. The SMILES string of the molecule is O=C(CCCNC(=O)C1CC1)Nc1ccccc1N1CCc2ccccc21. The van der Waals surface area contributed by atoms with E-state index in [9.17, 15) is 9.59 Å². The minimum absolute atomic E-state index is 0.0180. The number of carbonyl (C=O) groups excluding carboxylic acids is 2. The molecule has 27 heavy (non-hydrogen) atoms. The van der Waals surface area contributed by atoms with Crippen LogP contribution in [0.1, 0.15) is 31.2 Å². The summed E-state index contributed by atoms with van der Waals surface area (Å²) in [5.41, 5.74) is 4.41. The summed E-state index contributed by atoms with van der Waals surface area (Å²) in [6.07, 6.45) is 4.07. The molecule has 1 fully saturated rings. The van der Waals surface area contributed by atoms with Crippen molar-refractivity contribution in [1.29, 1.82) is 0 Å². The molecule has 0 aromatic heterocycles. The van der Waals surface area contributed by atoms with Crippen molar-refractivity contribution in [3.8, 4) is 0 Å². The van der Waals surface area contributed by atoms with Crippen LogP contribution in [-0.4, -0.2) is 24.9 Å². The van der Waals surface area contributed by atoms with E-state index >= 15 is 0 Å². The number of nitrogens with one attached hydrogen (secondary N) is 2. The Labute approximate surface area is 159 Å². The van der Waals surface area contributed by atoms with Crippen LogP contribution in [-0.2, 0) is 16.0 Å². The molecular weight excluding hydrogens is 338 g/mol. The average Bonchev–Trinajstić information content (AvgIpc) is 3.45. The highest BCUT2D eigenvalue weighted by atomic mass is 16.2. The molecule has 140 valence electrons. The molecule has 0 unspecified atom stereocenters. The normalized spacial score (nSPS) is 15.3. The summed E-state index contributed by atoms with van der Waals surface area (Å²) in [6, 6.07) is 16.3. The lowest BCUT2D eigenvalue weighted by atomic mass is 10.1. The summed E-state index contributed by atoms with van der Waals surface area (Å²) in [5.74, 6) is 0.332. The van der Waals surface area contributed by atoms with Crippen molar-refractivity contribution in [1.82, 2.24) is 5.32 Å². The second-order valence-electron chi connectivity index (χ2n) is 7.26. The second-order valence-corrected chi connectivity index (χ2v) is 7.26.